The average Bonchev–Trinajstić information content (AvgIpc) is 2.64. The molecule has 5 heteroatoms. The smallest absolute Gasteiger partial charge is 0.251 e. The van der Waals surface area contributed by atoms with E-state index in [1.165, 1.54) is 6.92 Å². The van der Waals surface area contributed by atoms with Crippen molar-refractivity contribution in [2.45, 2.75) is 19.1 Å². The van der Waals surface area contributed by atoms with Crippen molar-refractivity contribution in [1.29, 1.82) is 0 Å². The van der Waals surface area contributed by atoms with E-state index < -0.39 is 30.4 Å². The maximum Gasteiger partial charge on any atom is 0.251 e. The molecule has 0 saturated heterocycles. The number of hydrogen-bond acceptors (Lipinski definition) is 4. The highest BCUT2D eigenvalue weighted by molar-refractivity contribution is 5.98. The molecule has 0 aliphatic rings. The van der Waals surface area contributed by atoms with Gasteiger partial charge in [-0.1, -0.05) is 54.6 Å². The van der Waals surface area contributed by atoms with Crippen LogP contribution in [0.5, 0.6) is 0 Å². The van der Waals surface area contributed by atoms with Gasteiger partial charge in [-0.05, 0) is 30.2 Å². The van der Waals surface area contributed by atoms with Crippen LogP contribution in [0, 0.1) is 0 Å². The lowest BCUT2D eigenvalue weighted by Gasteiger charge is -2.19. The molecule has 2 aromatic carbocycles. The number of carbonyl (C=O) groups is 2. The standard InChI is InChI=1S/C20H21NO4/c1-14(23)19(18(24)13-22)21-20(25)17-11-9-16(10-12-17)8-7-15-5-3-2-4-6-15/h2-12,14,19,22-23H,13H2,1H3,(H,21,25)/b8-7+/t14-,19+/m1/s1. The molecule has 2 rings (SSSR count). The summed E-state index contributed by atoms with van der Waals surface area (Å²) in [6.45, 7) is 0.648. The molecule has 0 unspecified atom stereocenters. The molecule has 0 aromatic heterocycles. The van der Waals surface area contributed by atoms with Crippen molar-refractivity contribution in [1.82, 2.24) is 5.32 Å². The molecule has 0 saturated carbocycles. The Morgan fingerprint density at radius 2 is 1.56 bits per heavy atom. The molecule has 0 radical (unpaired) electrons. The second kappa shape index (κ2) is 8.92. The number of benzene rings is 2. The number of aliphatic hydroxyl groups excluding tert-OH is 2. The van der Waals surface area contributed by atoms with Crippen LogP contribution in [0.25, 0.3) is 12.2 Å². The molecule has 3 N–H and O–H groups in total. The summed E-state index contributed by atoms with van der Waals surface area (Å²) in [5.41, 5.74) is 2.37. The highest BCUT2D eigenvalue weighted by atomic mass is 16.3. The Kier molecular flexibility index (Phi) is 6.62. The predicted molar refractivity (Wildman–Crippen MR) is 96.8 cm³/mol. The zero-order valence-electron chi connectivity index (χ0n) is 13.9. The summed E-state index contributed by atoms with van der Waals surface area (Å²) in [5.74, 6) is -1.11. The second-order valence-corrected chi connectivity index (χ2v) is 5.68. The number of ketones is 1. The minimum absolute atomic E-state index is 0.369. The summed E-state index contributed by atoms with van der Waals surface area (Å²) >= 11 is 0. The van der Waals surface area contributed by atoms with Gasteiger partial charge >= 0.3 is 0 Å². The minimum Gasteiger partial charge on any atom is -0.391 e. The second-order valence-electron chi connectivity index (χ2n) is 5.68. The van der Waals surface area contributed by atoms with E-state index in [2.05, 4.69) is 5.32 Å². The summed E-state index contributed by atoms with van der Waals surface area (Å²) in [7, 11) is 0. The van der Waals surface area contributed by atoms with Gasteiger partial charge in [0.05, 0.1) is 6.10 Å². The molecule has 0 aliphatic carbocycles. The molecule has 1 amide bonds. The van der Waals surface area contributed by atoms with Gasteiger partial charge in [0.1, 0.15) is 12.6 Å². The third-order valence-corrected chi connectivity index (χ3v) is 3.71. The van der Waals surface area contributed by atoms with E-state index in [1.54, 1.807) is 24.3 Å². The van der Waals surface area contributed by atoms with Crippen LogP contribution in [-0.2, 0) is 4.79 Å². The van der Waals surface area contributed by atoms with Crippen LogP contribution in [0.15, 0.2) is 54.6 Å². The van der Waals surface area contributed by atoms with Crippen LogP contribution in [0.1, 0.15) is 28.4 Å². The summed E-state index contributed by atoms with van der Waals surface area (Å²) < 4.78 is 0. The first kappa shape index (κ1) is 18.6. The van der Waals surface area contributed by atoms with Crippen molar-refractivity contribution in [2.24, 2.45) is 0 Å². The topological polar surface area (TPSA) is 86.6 Å². The number of rotatable bonds is 7. The molecule has 0 heterocycles. The Hall–Kier alpha value is -2.76. The largest absolute Gasteiger partial charge is 0.391 e. The first-order valence-electron chi connectivity index (χ1n) is 7.97. The summed E-state index contributed by atoms with van der Waals surface area (Å²) in [6.07, 6.45) is 2.82. The minimum atomic E-state index is -1.13. The molecule has 0 aliphatic heterocycles. The normalized spacial score (nSPS) is 13.4. The van der Waals surface area contributed by atoms with Gasteiger partial charge in [-0.2, -0.15) is 0 Å². The third-order valence-electron chi connectivity index (χ3n) is 3.71. The Balaban J connectivity index is 2.04. The van der Waals surface area contributed by atoms with Crippen molar-refractivity contribution >= 4 is 23.8 Å². The summed E-state index contributed by atoms with van der Waals surface area (Å²) in [6, 6.07) is 15.6. The van der Waals surface area contributed by atoms with Gasteiger partial charge in [-0.3, -0.25) is 9.59 Å². The first-order chi connectivity index (χ1) is 12.0. The Morgan fingerprint density at radius 1 is 1.00 bits per heavy atom. The number of aliphatic hydroxyl groups is 2. The fourth-order valence-electron chi connectivity index (χ4n) is 2.30. The molecule has 0 spiro atoms. The highest BCUT2D eigenvalue weighted by Gasteiger charge is 2.25. The van der Waals surface area contributed by atoms with Crippen LogP contribution in [-0.4, -0.2) is 40.7 Å². The van der Waals surface area contributed by atoms with E-state index >= 15 is 0 Å². The zero-order valence-corrected chi connectivity index (χ0v) is 13.9. The Labute approximate surface area is 146 Å². The van der Waals surface area contributed by atoms with Crippen molar-refractivity contribution in [2.75, 3.05) is 6.61 Å². The molecule has 0 fully saturated rings. The monoisotopic (exact) mass is 339 g/mol. The number of amides is 1. The van der Waals surface area contributed by atoms with Crippen molar-refractivity contribution in [3.63, 3.8) is 0 Å². The fourth-order valence-corrected chi connectivity index (χ4v) is 2.30. The van der Waals surface area contributed by atoms with Crippen LogP contribution < -0.4 is 5.32 Å². The van der Waals surface area contributed by atoms with Gasteiger partial charge in [-0.15, -0.1) is 0 Å². The first-order valence-corrected chi connectivity index (χ1v) is 7.97. The van der Waals surface area contributed by atoms with Gasteiger partial charge in [0, 0.05) is 5.56 Å². The number of nitrogens with one attached hydrogen (secondary N) is 1. The molecule has 2 aromatic rings. The van der Waals surface area contributed by atoms with Gasteiger partial charge in [0.2, 0.25) is 0 Å². The van der Waals surface area contributed by atoms with Crippen LogP contribution in [0.4, 0.5) is 0 Å². The SMILES string of the molecule is C[C@@H](O)[C@H](NC(=O)c1ccc(/C=C/c2ccccc2)cc1)C(=O)CO. The van der Waals surface area contributed by atoms with Crippen molar-refractivity contribution < 1.29 is 19.8 Å². The Morgan fingerprint density at radius 3 is 2.08 bits per heavy atom. The van der Waals surface area contributed by atoms with Gasteiger partial charge in [0.25, 0.3) is 5.91 Å². The summed E-state index contributed by atoms with van der Waals surface area (Å²) in [5, 5.41) is 20.9. The van der Waals surface area contributed by atoms with E-state index in [4.69, 9.17) is 5.11 Å². The van der Waals surface area contributed by atoms with E-state index in [0.717, 1.165) is 11.1 Å². The number of carbonyl (C=O) groups excluding carboxylic acids is 2. The molecule has 130 valence electrons. The molecular formula is C20H21NO4. The number of Topliss-reactive ketones (excluding diaryl/α,β-unsaturated/α-hetero) is 1. The Bertz CT molecular complexity index is 736. The van der Waals surface area contributed by atoms with E-state index in [9.17, 15) is 14.7 Å². The van der Waals surface area contributed by atoms with E-state index in [-0.39, 0.29) is 0 Å². The van der Waals surface area contributed by atoms with Crippen LogP contribution >= 0.6 is 0 Å². The third kappa shape index (κ3) is 5.38. The molecule has 0 bridgehead atoms. The quantitative estimate of drug-likeness (QED) is 0.673. The zero-order chi connectivity index (χ0) is 18.2. The van der Waals surface area contributed by atoms with Crippen molar-refractivity contribution in [3.05, 3.63) is 71.3 Å². The van der Waals surface area contributed by atoms with E-state index in [0.29, 0.717) is 5.56 Å². The number of hydrogen-bond donors (Lipinski definition) is 3. The van der Waals surface area contributed by atoms with Gasteiger partial charge < -0.3 is 15.5 Å². The highest BCUT2D eigenvalue weighted by Crippen LogP contribution is 2.10. The summed E-state index contributed by atoms with van der Waals surface area (Å²) in [4.78, 5) is 23.8. The van der Waals surface area contributed by atoms with Gasteiger partial charge in [0.15, 0.2) is 5.78 Å². The lowest BCUT2D eigenvalue weighted by Crippen LogP contribution is -2.48. The van der Waals surface area contributed by atoms with Crippen LogP contribution in [0.2, 0.25) is 0 Å². The molecule has 5 nitrogen and oxygen atoms in total. The van der Waals surface area contributed by atoms with Crippen LogP contribution in [0.3, 0.4) is 0 Å². The average molecular weight is 339 g/mol. The molecule has 25 heavy (non-hydrogen) atoms. The van der Waals surface area contributed by atoms with E-state index in [1.807, 2.05) is 42.5 Å². The lowest BCUT2D eigenvalue weighted by atomic mass is 10.1. The maximum absolute atomic E-state index is 12.2. The van der Waals surface area contributed by atoms with Gasteiger partial charge in [-0.25, -0.2) is 0 Å². The lowest BCUT2D eigenvalue weighted by molar-refractivity contribution is -0.125. The van der Waals surface area contributed by atoms with Crippen molar-refractivity contribution in [3.8, 4) is 0 Å². The fraction of sp³-hybridized carbons (Fsp3) is 0.200. The predicted octanol–water partition coefficient (Wildman–Crippen LogP) is 1.90. The molecule has 2 atom stereocenters. The molecular weight excluding hydrogens is 318 g/mol. The maximum atomic E-state index is 12.2.